The van der Waals surface area contributed by atoms with E-state index in [-0.39, 0.29) is 24.7 Å². The Bertz CT molecular complexity index is 725. The summed E-state index contributed by atoms with van der Waals surface area (Å²) in [5, 5.41) is 2.56. The summed E-state index contributed by atoms with van der Waals surface area (Å²) in [4.78, 5) is 35.9. The first-order chi connectivity index (χ1) is 11.3. The van der Waals surface area contributed by atoms with Gasteiger partial charge in [-0.3, -0.25) is 19.3 Å². The van der Waals surface area contributed by atoms with Crippen LogP contribution in [0.4, 0.5) is 0 Å². The molecule has 1 aliphatic rings. The van der Waals surface area contributed by atoms with Crippen molar-refractivity contribution in [1.29, 1.82) is 0 Å². The second-order valence-corrected chi connectivity index (χ2v) is 7.28. The first kappa shape index (κ1) is 18.1. The minimum Gasteiger partial charge on any atom is -0.356 e. The van der Waals surface area contributed by atoms with Gasteiger partial charge in [-0.05, 0) is 18.6 Å². The van der Waals surface area contributed by atoms with Crippen LogP contribution in [0.2, 0.25) is 0 Å². The second-order valence-electron chi connectivity index (χ2n) is 5.36. The third-order valence-corrected chi connectivity index (χ3v) is 4.88. The Morgan fingerprint density at radius 1 is 1.08 bits per heavy atom. The van der Waals surface area contributed by atoms with Crippen LogP contribution in [0, 0.1) is 0 Å². The summed E-state index contributed by atoms with van der Waals surface area (Å²) < 4.78 is 26.2. The third-order valence-electron chi connectivity index (χ3n) is 3.51. The molecule has 1 aromatic rings. The lowest BCUT2D eigenvalue weighted by atomic mass is 10.1. The molecule has 1 aliphatic heterocycles. The largest absolute Gasteiger partial charge is 0.356 e. The lowest BCUT2D eigenvalue weighted by molar-refractivity contribution is -0.118. The van der Waals surface area contributed by atoms with Gasteiger partial charge >= 0.3 is 0 Å². The predicted octanol–water partition coefficient (Wildman–Crippen LogP) is -0.272. The molecule has 24 heavy (non-hydrogen) atoms. The minimum atomic E-state index is -3.61. The normalized spacial score (nSPS) is 14.0. The van der Waals surface area contributed by atoms with Crippen LogP contribution in [0.1, 0.15) is 34.1 Å². The summed E-state index contributed by atoms with van der Waals surface area (Å²) in [6.45, 7) is 1.72. The molecule has 0 spiro atoms. The van der Waals surface area contributed by atoms with Crippen LogP contribution in [0.15, 0.2) is 24.3 Å². The summed E-state index contributed by atoms with van der Waals surface area (Å²) in [5.74, 6) is -1.49. The second kappa shape index (κ2) is 7.54. The van der Waals surface area contributed by atoms with Crippen molar-refractivity contribution in [3.63, 3.8) is 0 Å². The third kappa shape index (κ3) is 4.39. The SMILES string of the molecule is CC(=O)NCCCNS(=O)(=O)CCN1C(=O)c2ccccc2C1=O. The molecule has 0 aromatic heterocycles. The maximum atomic E-state index is 12.1. The fourth-order valence-corrected chi connectivity index (χ4v) is 3.33. The molecule has 2 N–H and O–H groups in total. The highest BCUT2D eigenvalue weighted by Crippen LogP contribution is 2.21. The number of benzene rings is 1. The molecule has 0 saturated carbocycles. The number of nitrogens with zero attached hydrogens (tertiary/aromatic N) is 1. The van der Waals surface area contributed by atoms with E-state index in [1.54, 1.807) is 24.3 Å². The fraction of sp³-hybridized carbons (Fsp3) is 0.400. The van der Waals surface area contributed by atoms with Crippen LogP contribution in [0.25, 0.3) is 0 Å². The molecule has 0 radical (unpaired) electrons. The van der Waals surface area contributed by atoms with E-state index in [2.05, 4.69) is 10.0 Å². The van der Waals surface area contributed by atoms with Gasteiger partial charge in [-0.25, -0.2) is 13.1 Å². The Kier molecular flexibility index (Phi) is 5.68. The number of hydrogen-bond donors (Lipinski definition) is 2. The smallest absolute Gasteiger partial charge is 0.261 e. The first-order valence-electron chi connectivity index (χ1n) is 7.49. The number of nitrogens with one attached hydrogen (secondary N) is 2. The summed E-state index contributed by atoms with van der Waals surface area (Å²) in [6, 6.07) is 6.40. The van der Waals surface area contributed by atoms with Gasteiger partial charge in [0.15, 0.2) is 0 Å². The van der Waals surface area contributed by atoms with Crippen molar-refractivity contribution in [2.24, 2.45) is 0 Å². The molecule has 8 nitrogen and oxygen atoms in total. The van der Waals surface area contributed by atoms with Gasteiger partial charge in [0.1, 0.15) is 0 Å². The Balaban J connectivity index is 1.84. The van der Waals surface area contributed by atoms with Gasteiger partial charge in [-0.1, -0.05) is 12.1 Å². The van der Waals surface area contributed by atoms with E-state index in [1.807, 2.05) is 0 Å². The molecule has 3 amide bonds. The van der Waals surface area contributed by atoms with Crippen molar-refractivity contribution >= 4 is 27.7 Å². The molecular formula is C15H19N3O5S. The first-order valence-corrected chi connectivity index (χ1v) is 9.14. The molecule has 0 unspecified atom stereocenters. The molecule has 9 heteroatoms. The van der Waals surface area contributed by atoms with Crippen LogP contribution < -0.4 is 10.0 Å². The van der Waals surface area contributed by atoms with Gasteiger partial charge in [-0.2, -0.15) is 0 Å². The van der Waals surface area contributed by atoms with Crippen LogP contribution in [0.5, 0.6) is 0 Å². The van der Waals surface area contributed by atoms with Gasteiger partial charge in [0, 0.05) is 26.6 Å². The van der Waals surface area contributed by atoms with E-state index in [4.69, 9.17) is 0 Å². The monoisotopic (exact) mass is 353 g/mol. The topological polar surface area (TPSA) is 113 Å². The maximum absolute atomic E-state index is 12.1. The average Bonchev–Trinajstić information content (AvgIpc) is 2.77. The summed E-state index contributed by atoms with van der Waals surface area (Å²) in [6.07, 6.45) is 0.450. The molecule has 0 fully saturated rings. The predicted molar refractivity (Wildman–Crippen MR) is 86.9 cm³/mol. The van der Waals surface area contributed by atoms with Gasteiger partial charge in [-0.15, -0.1) is 0 Å². The maximum Gasteiger partial charge on any atom is 0.261 e. The van der Waals surface area contributed by atoms with Crippen LogP contribution in [0.3, 0.4) is 0 Å². The van der Waals surface area contributed by atoms with Crippen molar-refractivity contribution in [2.45, 2.75) is 13.3 Å². The Morgan fingerprint density at radius 3 is 2.21 bits per heavy atom. The van der Waals surface area contributed by atoms with Gasteiger partial charge in [0.2, 0.25) is 15.9 Å². The van der Waals surface area contributed by atoms with Crippen molar-refractivity contribution < 1.29 is 22.8 Å². The lowest BCUT2D eigenvalue weighted by Gasteiger charge is -2.14. The molecule has 2 rings (SSSR count). The zero-order valence-corrected chi connectivity index (χ0v) is 14.1. The summed E-state index contributed by atoms with van der Waals surface area (Å²) >= 11 is 0. The van der Waals surface area contributed by atoms with Crippen molar-refractivity contribution in [3.05, 3.63) is 35.4 Å². The van der Waals surface area contributed by atoms with Crippen LogP contribution in [-0.4, -0.2) is 56.4 Å². The number of sulfonamides is 1. The van der Waals surface area contributed by atoms with Crippen molar-refractivity contribution in [2.75, 3.05) is 25.4 Å². The molecule has 0 atom stereocenters. The van der Waals surface area contributed by atoms with E-state index >= 15 is 0 Å². The minimum absolute atomic E-state index is 0.171. The number of imide groups is 1. The molecule has 1 aromatic carbocycles. The molecule has 0 aliphatic carbocycles. The number of fused-ring (bicyclic) bond motifs is 1. The van der Waals surface area contributed by atoms with E-state index < -0.39 is 21.8 Å². The number of amides is 3. The quantitative estimate of drug-likeness (QED) is 0.493. The van der Waals surface area contributed by atoms with E-state index in [9.17, 15) is 22.8 Å². The van der Waals surface area contributed by atoms with Gasteiger partial charge in [0.25, 0.3) is 11.8 Å². The number of hydrogen-bond acceptors (Lipinski definition) is 5. The standard InChI is InChI=1S/C15H19N3O5S/c1-11(19)16-7-4-8-17-24(22,23)10-9-18-14(20)12-5-2-3-6-13(12)15(18)21/h2-3,5-6,17H,4,7-10H2,1H3,(H,16,19). The Hall–Kier alpha value is -2.26. The fourth-order valence-electron chi connectivity index (χ4n) is 2.31. The zero-order chi connectivity index (χ0) is 17.7. The van der Waals surface area contributed by atoms with E-state index in [1.165, 1.54) is 6.92 Å². The molecular weight excluding hydrogens is 334 g/mol. The highest BCUT2D eigenvalue weighted by Gasteiger charge is 2.35. The van der Waals surface area contributed by atoms with Gasteiger partial charge in [0.05, 0.1) is 16.9 Å². The Morgan fingerprint density at radius 2 is 1.67 bits per heavy atom. The molecule has 0 bridgehead atoms. The van der Waals surface area contributed by atoms with Gasteiger partial charge < -0.3 is 5.32 Å². The Labute approximate surface area is 140 Å². The molecule has 0 saturated heterocycles. The molecule has 1 heterocycles. The lowest BCUT2D eigenvalue weighted by Crippen LogP contribution is -2.38. The van der Waals surface area contributed by atoms with Crippen LogP contribution in [-0.2, 0) is 14.8 Å². The number of carbonyl (C=O) groups is 3. The summed E-state index contributed by atoms with van der Waals surface area (Å²) in [7, 11) is -3.61. The van der Waals surface area contributed by atoms with Crippen molar-refractivity contribution in [1.82, 2.24) is 14.9 Å². The highest BCUT2D eigenvalue weighted by molar-refractivity contribution is 7.89. The zero-order valence-electron chi connectivity index (χ0n) is 13.2. The van der Waals surface area contributed by atoms with E-state index in [0.717, 1.165) is 4.90 Å². The summed E-state index contributed by atoms with van der Waals surface area (Å²) in [5.41, 5.74) is 0.589. The number of rotatable bonds is 8. The molecule has 130 valence electrons. The highest BCUT2D eigenvalue weighted by atomic mass is 32.2. The average molecular weight is 353 g/mol. The van der Waals surface area contributed by atoms with Crippen molar-refractivity contribution in [3.8, 4) is 0 Å². The number of carbonyl (C=O) groups excluding carboxylic acids is 3. The van der Waals surface area contributed by atoms with E-state index in [0.29, 0.717) is 24.1 Å². The van der Waals surface area contributed by atoms with Crippen LogP contribution >= 0.6 is 0 Å².